The molecule has 0 spiro atoms. The Balaban J connectivity index is 2.54. The molecule has 1 heterocycles. The third-order valence-corrected chi connectivity index (χ3v) is 1.62. The molecular formula is C8H10N2O5. The molecule has 0 unspecified atom stereocenters. The summed E-state index contributed by atoms with van der Waals surface area (Å²) in [7, 11) is 0. The number of aliphatic hydroxyl groups is 1. The quantitative estimate of drug-likeness (QED) is 0.416. The van der Waals surface area contributed by atoms with Gasteiger partial charge in [-0.15, -0.1) is 0 Å². The van der Waals surface area contributed by atoms with Crippen LogP contribution < -0.4 is 5.32 Å². The highest BCUT2D eigenvalue weighted by molar-refractivity contribution is 5.91. The molecule has 0 saturated heterocycles. The minimum Gasteiger partial charge on any atom is -0.396 e. The van der Waals surface area contributed by atoms with Gasteiger partial charge in [0.15, 0.2) is 5.76 Å². The Morgan fingerprint density at radius 2 is 2.33 bits per heavy atom. The highest BCUT2D eigenvalue weighted by Gasteiger charge is 2.16. The van der Waals surface area contributed by atoms with E-state index in [1.165, 1.54) is 6.07 Å². The highest BCUT2D eigenvalue weighted by atomic mass is 16.6. The molecule has 2 N–H and O–H groups in total. The minimum atomic E-state index is -0.718. The number of carbonyl (C=O) groups excluding carboxylic acids is 1. The molecule has 7 nitrogen and oxygen atoms in total. The number of nitrogens with zero attached hydrogens (tertiary/aromatic N) is 1. The molecule has 0 bridgehead atoms. The Morgan fingerprint density at radius 1 is 1.60 bits per heavy atom. The normalized spacial score (nSPS) is 9.93. The number of hydrogen-bond donors (Lipinski definition) is 2. The third-order valence-electron chi connectivity index (χ3n) is 1.62. The second-order valence-electron chi connectivity index (χ2n) is 2.73. The zero-order valence-corrected chi connectivity index (χ0v) is 7.80. The van der Waals surface area contributed by atoms with Crippen molar-refractivity contribution in [1.82, 2.24) is 5.32 Å². The maximum absolute atomic E-state index is 11.2. The Kier molecular flexibility index (Phi) is 3.81. The molecule has 82 valence electrons. The Bertz CT molecular complexity index is 360. The van der Waals surface area contributed by atoms with Crippen molar-refractivity contribution in [2.24, 2.45) is 0 Å². The van der Waals surface area contributed by atoms with Gasteiger partial charge >= 0.3 is 5.88 Å². The summed E-state index contributed by atoms with van der Waals surface area (Å²) in [6.07, 6.45) is 0.425. The predicted octanol–water partition coefficient (Wildman–Crippen LogP) is 0.300. The standard InChI is InChI=1S/C8H10N2O5/c11-5-1-4-9-8(12)6-2-3-7(15-6)10(13)14/h2-3,11H,1,4-5H2,(H,9,12). The largest absolute Gasteiger partial charge is 0.433 e. The van der Waals surface area contributed by atoms with Crippen LogP contribution in [0.25, 0.3) is 0 Å². The number of amides is 1. The van der Waals surface area contributed by atoms with Crippen LogP contribution in [0.5, 0.6) is 0 Å². The first-order chi connectivity index (χ1) is 7.15. The lowest BCUT2D eigenvalue weighted by Crippen LogP contribution is -2.24. The third kappa shape index (κ3) is 3.06. The summed E-state index contributed by atoms with van der Waals surface area (Å²) < 4.78 is 4.66. The first-order valence-corrected chi connectivity index (χ1v) is 4.28. The lowest BCUT2D eigenvalue weighted by Gasteiger charge is -1.99. The van der Waals surface area contributed by atoms with Gasteiger partial charge in [0.25, 0.3) is 5.91 Å². The van der Waals surface area contributed by atoms with E-state index in [2.05, 4.69) is 9.73 Å². The molecule has 0 saturated carbocycles. The molecule has 1 rings (SSSR count). The van der Waals surface area contributed by atoms with Gasteiger partial charge in [0.05, 0.1) is 6.07 Å². The number of nitrogens with one attached hydrogen (secondary N) is 1. The van der Waals surface area contributed by atoms with E-state index in [4.69, 9.17) is 5.11 Å². The number of aliphatic hydroxyl groups excluding tert-OH is 1. The zero-order valence-electron chi connectivity index (χ0n) is 7.80. The van der Waals surface area contributed by atoms with E-state index in [0.29, 0.717) is 13.0 Å². The van der Waals surface area contributed by atoms with Crippen molar-refractivity contribution in [2.75, 3.05) is 13.2 Å². The predicted molar refractivity (Wildman–Crippen MR) is 49.4 cm³/mol. The maximum Gasteiger partial charge on any atom is 0.433 e. The molecule has 1 amide bonds. The van der Waals surface area contributed by atoms with E-state index in [-0.39, 0.29) is 12.4 Å². The van der Waals surface area contributed by atoms with Gasteiger partial charge in [0.1, 0.15) is 4.92 Å². The average molecular weight is 214 g/mol. The summed E-state index contributed by atoms with van der Waals surface area (Å²) in [5.74, 6) is -1.11. The van der Waals surface area contributed by atoms with Gasteiger partial charge in [-0.1, -0.05) is 0 Å². The molecule has 0 aliphatic heterocycles. The molecule has 0 aromatic carbocycles. The van der Waals surface area contributed by atoms with Gasteiger partial charge < -0.3 is 14.8 Å². The van der Waals surface area contributed by atoms with Crippen LogP contribution in [0.4, 0.5) is 5.88 Å². The van der Waals surface area contributed by atoms with Crippen molar-refractivity contribution in [3.63, 3.8) is 0 Å². The van der Waals surface area contributed by atoms with Crippen LogP contribution in [0.3, 0.4) is 0 Å². The number of furan rings is 1. The summed E-state index contributed by atoms with van der Waals surface area (Å²) in [6, 6.07) is 2.34. The molecule has 0 aliphatic carbocycles. The average Bonchev–Trinajstić information content (AvgIpc) is 2.66. The monoisotopic (exact) mass is 214 g/mol. The second kappa shape index (κ2) is 5.11. The smallest absolute Gasteiger partial charge is 0.396 e. The van der Waals surface area contributed by atoms with E-state index < -0.39 is 16.7 Å². The van der Waals surface area contributed by atoms with Gasteiger partial charge in [-0.3, -0.25) is 14.9 Å². The lowest BCUT2D eigenvalue weighted by atomic mass is 10.4. The van der Waals surface area contributed by atoms with Crippen molar-refractivity contribution in [3.05, 3.63) is 28.0 Å². The number of hydrogen-bond acceptors (Lipinski definition) is 5. The van der Waals surface area contributed by atoms with Crippen LogP contribution >= 0.6 is 0 Å². The summed E-state index contributed by atoms with van der Waals surface area (Å²) in [5, 5.41) is 21.1. The van der Waals surface area contributed by atoms with E-state index >= 15 is 0 Å². The molecule has 0 radical (unpaired) electrons. The van der Waals surface area contributed by atoms with Crippen LogP contribution in [0.1, 0.15) is 17.0 Å². The summed E-state index contributed by atoms with van der Waals surface area (Å²) in [5.41, 5.74) is 0. The fraction of sp³-hybridized carbons (Fsp3) is 0.375. The Morgan fingerprint density at radius 3 is 2.87 bits per heavy atom. The number of nitro groups is 1. The number of rotatable bonds is 5. The van der Waals surface area contributed by atoms with Crippen molar-refractivity contribution in [2.45, 2.75) is 6.42 Å². The van der Waals surface area contributed by atoms with Crippen molar-refractivity contribution < 1.29 is 19.2 Å². The Hall–Kier alpha value is -1.89. The van der Waals surface area contributed by atoms with Crippen LogP contribution in [0.2, 0.25) is 0 Å². The summed E-state index contributed by atoms with van der Waals surface area (Å²) in [6.45, 7) is 0.266. The van der Waals surface area contributed by atoms with Gasteiger partial charge in [-0.25, -0.2) is 0 Å². The molecule has 1 aromatic heterocycles. The molecule has 0 atom stereocenters. The highest BCUT2D eigenvalue weighted by Crippen LogP contribution is 2.15. The minimum absolute atomic E-state index is 0.0292. The van der Waals surface area contributed by atoms with Crippen molar-refractivity contribution in [3.8, 4) is 0 Å². The van der Waals surface area contributed by atoms with Crippen LogP contribution in [0, 0.1) is 10.1 Å². The van der Waals surface area contributed by atoms with Crippen LogP contribution in [-0.4, -0.2) is 29.1 Å². The maximum atomic E-state index is 11.2. The first kappa shape index (κ1) is 11.2. The zero-order chi connectivity index (χ0) is 11.3. The van der Waals surface area contributed by atoms with Crippen molar-refractivity contribution in [1.29, 1.82) is 0 Å². The molecule has 7 heteroatoms. The fourth-order valence-corrected chi connectivity index (χ4v) is 0.916. The number of carbonyl (C=O) groups is 1. The SMILES string of the molecule is O=C(NCCCO)c1ccc([N+](=O)[O-])o1. The molecule has 0 fully saturated rings. The van der Waals surface area contributed by atoms with E-state index in [9.17, 15) is 14.9 Å². The topological polar surface area (TPSA) is 106 Å². The first-order valence-electron chi connectivity index (χ1n) is 4.28. The molecular weight excluding hydrogens is 204 g/mol. The van der Waals surface area contributed by atoms with E-state index in [0.717, 1.165) is 6.07 Å². The van der Waals surface area contributed by atoms with Crippen molar-refractivity contribution >= 4 is 11.8 Å². The van der Waals surface area contributed by atoms with Crippen LogP contribution in [-0.2, 0) is 0 Å². The van der Waals surface area contributed by atoms with Crippen LogP contribution in [0.15, 0.2) is 16.5 Å². The second-order valence-corrected chi connectivity index (χ2v) is 2.73. The summed E-state index contributed by atoms with van der Waals surface area (Å²) in [4.78, 5) is 20.8. The molecule has 15 heavy (non-hydrogen) atoms. The Labute approximate surface area is 84.8 Å². The van der Waals surface area contributed by atoms with Gasteiger partial charge in [0, 0.05) is 13.2 Å². The summed E-state index contributed by atoms with van der Waals surface area (Å²) >= 11 is 0. The van der Waals surface area contributed by atoms with Gasteiger partial charge in [0.2, 0.25) is 0 Å². The fourth-order valence-electron chi connectivity index (χ4n) is 0.916. The van der Waals surface area contributed by atoms with E-state index in [1.807, 2.05) is 0 Å². The van der Waals surface area contributed by atoms with E-state index in [1.54, 1.807) is 0 Å². The molecule has 1 aromatic rings. The van der Waals surface area contributed by atoms with Gasteiger partial charge in [-0.2, -0.15) is 0 Å². The van der Waals surface area contributed by atoms with Gasteiger partial charge in [-0.05, 0) is 12.5 Å². The lowest BCUT2D eigenvalue weighted by molar-refractivity contribution is -0.402. The molecule has 0 aliphatic rings.